The monoisotopic (exact) mass is 260 g/mol. The van der Waals surface area contributed by atoms with Gasteiger partial charge in [-0.2, -0.15) is 0 Å². The summed E-state index contributed by atoms with van der Waals surface area (Å²) in [4.78, 5) is 24.4. The van der Waals surface area contributed by atoms with Crippen LogP contribution in [0.1, 0.15) is 41.5 Å². The summed E-state index contributed by atoms with van der Waals surface area (Å²) in [6.07, 6.45) is 1.31. The fourth-order valence-electron chi connectivity index (χ4n) is 1.78. The van der Waals surface area contributed by atoms with Gasteiger partial charge in [0.15, 0.2) is 11.6 Å². The molecule has 0 spiro atoms. The fourth-order valence-corrected chi connectivity index (χ4v) is 1.78. The average molecular weight is 260 g/mol. The largest absolute Gasteiger partial charge is 0.501 e. The van der Waals surface area contributed by atoms with E-state index < -0.39 is 0 Å². The van der Waals surface area contributed by atoms with Crippen LogP contribution in [0.15, 0.2) is 37.1 Å². The third-order valence-electron chi connectivity index (χ3n) is 2.89. The first-order valence-corrected chi connectivity index (χ1v) is 6.39. The van der Waals surface area contributed by atoms with Gasteiger partial charge in [-0.25, -0.2) is 0 Å². The Morgan fingerprint density at radius 3 is 2.16 bits per heavy atom. The number of hydrogen-bond donors (Lipinski definition) is 0. The van der Waals surface area contributed by atoms with Gasteiger partial charge in [0.1, 0.15) is 0 Å². The zero-order chi connectivity index (χ0) is 14.4. The smallest absolute Gasteiger partial charge is 0.169 e. The molecule has 0 heterocycles. The Morgan fingerprint density at radius 2 is 1.68 bits per heavy atom. The highest BCUT2D eigenvalue weighted by molar-refractivity contribution is 6.10. The number of ether oxygens (including phenoxy) is 1. The maximum absolute atomic E-state index is 12.3. The van der Waals surface area contributed by atoms with Crippen molar-refractivity contribution in [1.82, 2.24) is 0 Å². The number of carbonyl (C=O) groups is 2. The average Bonchev–Trinajstić information content (AvgIpc) is 2.42. The first-order chi connectivity index (χ1) is 8.99. The lowest BCUT2D eigenvalue weighted by molar-refractivity contribution is 0.0851. The maximum atomic E-state index is 12.3. The summed E-state index contributed by atoms with van der Waals surface area (Å²) >= 11 is 0. The number of hydrogen-bond acceptors (Lipinski definition) is 3. The second-order valence-corrected chi connectivity index (χ2v) is 4.83. The molecule has 0 aliphatic carbocycles. The first-order valence-electron chi connectivity index (χ1n) is 6.39. The molecule has 0 amide bonds. The molecule has 0 N–H and O–H groups in total. The van der Waals surface area contributed by atoms with Crippen molar-refractivity contribution in [3.63, 3.8) is 0 Å². The molecule has 0 radical (unpaired) electrons. The topological polar surface area (TPSA) is 43.4 Å². The van der Waals surface area contributed by atoms with Crippen LogP contribution in [0.4, 0.5) is 0 Å². The van der Waals surface area contributed by atoms with Crippen LogP contribution in [0.3, 0.4) is 0 Å². The molecule has 0 saturated carbocycles. The van der Waals surface area contributed by atoms with Gasteiger partial charge in [-0.15, -0.1) is 0 Å². The quantitative estimate of drug-likeness (QED) is 0.556. The van der Waals surface area contributed by atoms with Gasteiger partial charge in [0.05, 0.1) is 18.8 Å². The minimum atomic E-state index is -0.306. The summed E-state index contributed by atoms with van der Waals surface area (Å²) < 4.78 is 5.04. The molecule has 3 heteroatoms. The van der Waals surface area contributed by atoms with Gasteiger partial charge in [0, 0.05) is 17.0 Å². The Balaban J connectivity index is 3.03. The van der Waals surface area contributed by atoms with Gasteiger partial charge in [-0.05, 0) is 0 Å². The zero-order valence-corrected chi connectivity index (χ0v) is 11.7. The summed E-state index contributed by atoms with van der Waals surface area (Å²) in [6.45, 7) is 9.15. The minimum absolute atomic E-state index is 0.0132. The Morgan fingerprint density at radius 1 is 1.16 bits per heavy atom. The molecule has 3 nitrogen and oxygen atoms in total. The Labute approximate surface area is 114 Å². The Kier molecular flexibility index (Phi) is 5.49. The molecule has 1 aromatic rings. The van der Waals surface area contributed by atoms with E-state index in [-0.39, 0.29) is 30.0 Å². The van der Waals surface area contributed by atoms with Gasteiger partial charge in [0.25, 0.3) is 0 Å². The van der Waals surface area contributed by atoms with E-state index >= 15 is 0 Å². The Hall–Kier alpha value is -1.90. The van der Waals surface area contributed by atoms with Crippen molar-refractivity contribution in [2.45, 2.75) is 20.8 Å². The molecular formula is C16H20O3. The molecular weight excluding hydrogens is 240 g/mol. The number of ketones is 2. The molecule has 1 aromatic carbocycles. The van der Waals surface area contributed by atoms with Crippen molar-refractivity contribution >= 4 is 11.6 Å². The van der Waals surface area contributed by atoms with Gasteiger partial charge < -0.3 is 4.74 Å². The van der Waals surface area contributed by atoms with Gasteiger partial charge in [0.2, 0.25) is 0 Å². The summed E-state index contributed by atoms with van der Waals surface area (Å²) in [5.74, 6) is -0.528. The van der Waals surface area contributed by atoms with Crippen LogP contribution < -0.4 is 0 Å². The predicted molar refractivity (Wildman–Crippen MR) is 75.3 cm³/mol. The summed E-state index contributed by atoms with van der Waals surface area (Å²) in [6, 6.07) is 6.95. The van der Waals surface area contributed by atoms with Crippen molar-refractivity contribution in [2.75, 3.05) is 6.61 Å². The zero-order valence-electron chi connectivity index (χ0n) is 11.7. The van der Waals surface area contributed by atoms with Crippen LogP contribution in [0.5, 0.6) is 0 Å². The molecule has 19 heavy (non-hydrogen) atoms. The molecule has 1 atom stereocenters. The lowest BCUT2D eigenvalue weighted by atomic mass is 9.90. The lowest BCUT2D eigenvalue weighted by Crippen LogP contribution is -2.20. The van der Waals surface area contributed by atoms with Crippen LogP contribution in [-0.2, 0) is 4.74 Å². The van der Waals surface area contributed by atoms with Crippen molar-refractivity contribution in [2.24, 2.45) is 11.8 Å². The van der Waals surface area contributed by atoms with E-state index in [1.807, 2.05) is 13.8 Å². The van der Waals surface area contributed by atoms with Crippen molar-refractivity contribution in [3.8, 4) is 0 Å². The van der Waals surface area contributed by atoms with Crippen LogP contribution in [0.2, 0.25) is 0 Å². The second kappa shape index (κ2) is 6.88. The van der Waals surface area contributed by atoms with Crippen LogP contribution in [0.25, 0.3) is 0 Å². The fraction of sp³-hybridized carbons (Fsp3) is 0.375. The van der Waals surface area contributed by atoms with Gasteiger partial charge >= 0.3 is 0 Å². The molecule has 0 aliphatic rings. The van der Waals surface area contributed by atoms with E-state index in [0.717, 1.165) is 0 Å². The molecule has 0 aromatic heterocycles. The van der Waals surface area contributed by atoms with Crippen LogP contribution in [0, 0.1) is 11.8 Å². The van der Waals surface area contributed by atoms with E-state index in [9.17, 15) is 9.59 Å². The molecule has 0 saturated heterocycles. The molecule has 0 fully saturated rings. The highest BCUT2D eigenvalue weighted by Crippen LogP contribution is 2.18. The van der Waals surface area contributed by atoms with Crippen molar-refractivity contribution in [3.05, 3.63) is 48.2 Å². The second-order valence-electron chi connectivity index (χ2n) is 4.83. The van der Waals surface area contributed by atoms with Gasteiger partial charge in [-0.3, -0.25) is 9.59 Å². The maximum Gasteiger partial charge on any atom is 0.169 e. The number of rotatable bonds is 7. The highest BCUT2D eigenvalue weighted by Gasteiger charge is 2.22. The SMILES string of the molecule is C=COCC(C)C(=O)c1ccccc1C(=O)C(C)C. The molecule has 1 rings (SSSR count). The molecule has 102 valence electrons. The van der Waals surface area contributed by atoms with Crippen LogP contribution in [-0.4, -0.2) is 18.2 Å². The summed E-state index contributed by atoms with van der Waals surface area (Å²) in [7, 11) is 0. The predicted octanol–water partition coefficient (Wildman–Crippen LogP) is 3.50. The third-order valence-corrected chi connectivity index (χ3v) is 2.89. The van der Waals surface area contributed by atoms with Crippen molar-refractivity contribution in [1.29, 1.82) is 0 Å². The number of carbonyl (C=O) groups excluding carboxylic acids is 2. The molecule has 1 unspecified atom stereocenters. The standard InChI is InChI=1S/C16H20O3/c1-5-19-10-12(4)16(18)14-9-7-6-8-13(14)15(17)11(2)3/h5-9,11-12H,1,10H2,2-4H3. The number of Topliss-reactive ketones (excluding diaryl/α,β-unsaturated/α-hetero) is 2. The number of benzene rings is 1. The normalized spacial score (nSPS) is 12.0. The first kappa shape index (κ1) is 15.2. The third kappa shape index (κ3) is 3.78. The Bertz CT molecular complexity index is 475. The summed E-state index contributed by atoms with van der Waals surface area (Å²) in [5, 5.41) is 0. The molecule has 0 bridgehead atoms. The van der Waals surface area contributed by atoms with E-state index in [1.54, 1.807) is 31.2 Å². The highest BCUT2D eigenvalue weighted by atomic mass is 16.5. The van der Waals surface area contributed by atoms with Gasteiger partial charge in [-0.1, -0.05) is 51.6 Å². The lowest BCUT2D eigenvalue weighted by Gasteiger charge is -2.14. The van der Waals surface area contributed by atoms with Crippen molar-refractivity contribution < 1.29 is 14.3 Å². The van der Waals surface area contributed by atoms with E-state index in [4.69, 9.17) is 4.74 Å². The molecule has 0 aliphatic heterocycles. The van der Waals surface area contributed by atoms with E-state index in [0.29, 0.717) is 11.1 Å². The summed E-state index contributed by atoms with van der Waals surface area (Å²) in [5.41, 5.74) is 0.967. The minimum Gasteiger partial charge on any atom is -0.501 e. The van der Waals surface area contributed by atoms with E-state index in [2.05, 4.69) is 6.58 Å². The van der Waals surface area contributed by atoms with Crippen LogP contribution >= 0.6 is 0 Å². The van der Waals surface area contributed by atoms with E-state index in [1.165, 1.54) is 6.26 Å².